The van der Waals surface area contributed by atoms with Crippen molar-refractivity contribution in [3.05, 3.63) is 12.7 Å². The molecule has 11 nitrogen and oxygen atoms in total. The summed E-state index contributed by atoms with van der Waals surface area (Å²) < 4.78 is 25.6. The van der Waals surface area contributed by atoms with Gasteiger partial charge in [0.15, 0.2) is 0 Å². The molecule has 2 amide bonds. The zero-order valence-corrected chi connectivity index (χ0v) is 18.9. The number of carbonyl (C=O) groups is 2. The van der Waals surface area contributed by atoms with Crippen LogP contribution in [0.25, 0.3) is 0 Å². The van der Waals surface area contributed by atoms with Crippen LogP contribution in [0.4, 0.5) is 4.79 Å². The van der Waals surface area contributed by atoms with Gasteiger partial charge in [-0.3, -0.25) is 9.36 Å². The Labute approximate surface area is 178 Å². The molecule has 0 aromatic rings. The maximum atomic E-state index is 11.7. The van der Waals surface area contributed by atoms with E-state index in [1.54, 1.807) is 0 Å². The van der Waals surface area contributed by atoms with E-state index in [2.05, 4.69) is 21.7 Å². The zero-order chi connectivity index (χ0) is 22.9. The second-order valence-electron chi connectivity index (χ2n) is 7.27. The van der Waals surface area contributed by atoms with Crippen LogP contribution in [0.3, 0.4) is 0 Å². The minimum atomic E-state index is -4.68. The molecule has 30 heavy (non-hydrogen) atoms. The SMILES string of the molecule is C=CCOC(=O)NCCCCCC(=O)NCCOCC[N+](C)(C)CCOP(=O)([O-])O. The van der Waals surface area contributed by atoms with Crippen molar-refractivity contribution in [3.8, 4) is 0 Å². The topological polar surface area (TPSA) is 146 Å². The van der Waals surface area contributed by atoms with Crippen LogP contribution in [0.2, 0.25) is 0 Å². The number of carbonyl (C=O) groups excluding carboxylic acids is 2. The lowest BCUT2D eigenvalue weighted by atomic mass is 10.2. The van der Waals surface area contributed by atoms with Gasteiger partial charge in [0, 0.05) is 19.5 Å². The first kappa shape index (κ1) is 28.5. The van der Waals surface area contributed by atoms with Crippen LogP contribution in [0.15, 0.2) is 12.7 Å². The molecule has 0 aliphatic carbocycles. The molecule has 0 fully saturated rings. The molecular formula is C18H36N3O8P. The molecule has 12 heteroatoms. The average molecular weight is 453 g/mol. The van der Waals surface area contributed by atoms with Crippen LogP contribution in [-0.4, -0.2) is 88.1 Å². The molecule has 0 saturated heterocycles. The minimum absolute atomic E-state index is 0.0451. The maximum absolute atomic E-state index is 11.7. The Morgan fingerprint density at radius 1 is 1.10 bits per heavy atom. The van der Waals surface area contributed by atoms with E-state index in [1.165, 1.54) is 6.08 Å². The molecule has 0 aliphatic rings. The number of hydrogen-bond acceptors (Lipinski definition) is 7. The number of quaternary nitrogens is 1. The predicted molar refractivity (Wildman–Crippen MR) is 109 cm³/mol. The van der Waals surface area contributed by atoms with Gasteiger partial charge in [-0.15, -0.1) is 0 Å². The lowest BCUT2D eigenvalue weighted by Gasteiger charge is -2.30. The molecule has 0 aromatic heterocycles. The number of nitrogens with one attached hydrogen (secondary N) is 2. The van der Waals surface area contributed by atoms with E-state index in [1.807, 2.05) is 14.1 Å². The largest absolute Gasteiger partial charge is 0.756 e. The van der Waals surface area contributed by atoms with Gasteiger partial charge in [-0.2, -0.15) is 0 Å². The monoisotopic (exact) mass is 453 g/mol. The Morgan fingerprint density at radius 2 is 1.80 bits per heavy atom. The highest BCUT2D eigenvalue weighted by Crippen LogP contribution is 2.29. The molecule has 0 aliphatic heterocycles. The van der Waals surface area contributed by atoms with Crippen LogP contribution in [0.1, 0.15) is 25.7 Å². The second-order valence-corrected chi connectivity index (χ2v) is 8.47. The molecular weight excluding hydrogens is 417 g/mol. The molecule has 1 atom stereocenters. The Morgan fingerprint density at radius 3 is 2.47 bits per heavy atom. The van der Waals surface area contributed by atoms with Gasteiger partial charge in [-0.25, -0.2) is 4.79 Å². The summed E-state index contributed by atoms with van der Waals surface area (Å²) >= 11 is 0. The van der Waals surface area contributed by atoms with Crippen molar-refractivity contribution in [2.45, 2.75) is 25.7 Å². The molecule has 0 spiro atoms. The summed E-state index contributed by atoms with van der Waals surface area (Å²) in [4.78, 5) is 42.0. The van der Waals surface area contributed by atoms with Gasteiger partial charge in [0.25, 0.3) is 7.82 Å². The summed E-state index contributed by atoms with van der Waals surface area (Å²) in [6, 6.07) is 0. The molecule has 1 unspecified atom stereocenters. The average Bonchev–Trinajstić information content (AvgIpc) is 2.64. The standard InChI is InChI=1S/C18H36N3O8P/c1-4-13-28-18(23)20-9-7-5-6-8-17(22)19-10-14-27-15-11-21(2,3)12-16-29-30(24,25)26/h4H,1,5-16H2,2-3H3,(H3-,19,20,22,23,24,25,26). The molecule has 0 rings (SSSR count). The quantitative estimate of drug-likeness (QED) is 0.115. The molecule has 0 heterocycles. The number of phosphoric acid groups is 1. The van der Waals surface area contributed by atoms with E-state index in [9.17, 15) is 19.0 Å². The van der Waals surface area contributed by atoms with Crippen molar-refractivity contribution in [3.63, 3.8) is 0 Å². The summed E-state index contributed by atoms with van der Waals surface area (Å²) in [7, 11) is -0.900. The highest BCUT2D eigenvalue weighted by Gasteiger charge is 2.16. The Hall–Kier alpha value is -1.49. The molecule has 176 valence electrons. The van der Waals surface area contributed by atoms with Gasteiger partial charge in [0.1, 0.15) is 26.3 Å². The van der Waals surface area contributed by atoms with Crippen molar-refractivity contribution >= 4 is 19.8 Å². The Balaban J connectivity index is 3.55. The van der Waals surface area contributed by atoms with Crippen LogP contribution in [0, 0.1) is 0 Å². The van der Waals surface area contributed by atoms with Crippen molar-refractivity contribution in [1.82, 2.24) is 10.6 Å². The minimum Gasteiger partial charge on any atom is -0.756 e. The van der Waals surface area contributed by atoms with E-state index in [-0.39, 0.29) is 19.1 Å². The Bertz CT molecular complexity index is 554. The number of alkyl carbamates (subject to hydrolysis) is 1. The number of hydrogen-bond donors (Lipinski definition) is 3. The third kappa shape index (κ3) is 19.8. The van der Waals surface area contributed by atoms with Crippen LogP contribution in [0.5, 0.6) is 0 Å². The van der Waals surface area contributed by atoms with Gasteiger partial charge in [0.05, 0.1) is 27.3 Å². The van der Waals surface area contributed by atoms with Crippen LogP contribution >= 0.6 is 7.82 Å². The summed E-state index contributed by atoms with van der Waals surface area (Å²) in [5, 5.41) is 5.40. The van der Waals surface area contributed by atoms with Crippen molar-refractivity contribution in [1.29, 1.82) is 0 Å². The predicted octanol–water partition coefficient (Wildman–Crippen LogP) is 0.146. The Kier molecular flexibility index (Phi) is 15.4. The summed E-state index contributed by atoms with van der Waals surface area (Å²) in [5.41, 5.74) is 0. The molecule has 3 N–H and O–H groups in total. The number of ether oxygens (including phenoxy) is 2. The molecule has 0 bridgehead atoms. The number of nitrogens with zero attached hydrogens (tertiary/aromatic N) is 1. The summed E-state index contributed by atoms with van der Waals surface area (Å²) in [6.07, 6.45) is 3.76. The van der Waals surface area contributed by atoms with Gasteiger partial charge in [-0.05, 0) is 12.8 Å². The first-order chi connectivity index (χ1) is 14.1. The van der Waals surface area contributed by atoms with Gasteiger partial charge >= 0.3 is 6.09 Å². The first-order valence-electron chi connectivity index (χ1n) is 9.92. The molecule has 0 saturated carbocycles. The number of phosphoric ester groups is 1. The molecule has 0 aromatic carbocycles. The fourth-order valence-electron chi connectivity index (χ4n) is 2.24. The highest BCUT2D eigenvalue weighted by atomic mass is 31.2. The lowest BCUT2D eigenvalue weighted by molar-refractivity contribution is -0.890. The fourth-order valence-corrected chi connectivity index (χ4v) is 2.56. The van der Waals surface area contributed by atoms with Crippen LogP contribution < -0.4 is 15.5 Å². The van der Waals surface area contributed by atoms with Crippen molar-refractivity contribution < 1.29 is 42.4 Å². The summed E-state index contributed by atoms with van der Waals surface area (Å²) in [6.45, 7) is 6.30. The third-order valence-corrected chi connectivity index (χ3v) is 4.55. The van der Waals surface area contributed by atoms with Crippen LogP contribution in [-0.2, 0) is 23.4 Å². The third-order valence-electron chi connectivity index (χ3n) is 4.04. The summed E-state index contributed by atoms with van der Waals surface area (Å²) in [5.74, 6) is -0.0451. The fraction of sp³-hybridized carbons (Fsp3) is 0.778. The van der Waals surface area contributed by atoms with Gasteiger partial charge < -0.3 is 38.9 Å². The van der Waals surface area contributed by atoms with E-state index >= 15 is 0 Å². The maximum Gasteiger partial charge on any atom is 0.407 e. The number of likely N-dealkylation sites (N-methyl/N-ethyl adjacent to an activating group) is 1. The van der Waals surface area contributed by atoms with Gasteiger partial charge in [0.2, 0.25) is 5.91 Å². The van der Waals surface area contributed by atoms with Crippen molar-refractivity contribution in [2.24, 2.45) is 0 Å². The lowest BCUT2D eigenvalue weighted by Crippen LogP contribution is -2.44. The number of amides is 2. The zero-order valence-electron chi connectivity index (χ0n) is 18.0. The smallest absolute Gasteiger partial charge is 0.407 e. The number of rotatable bonds is 18. The van der Waals surface area contributed by atoms with E-state index in [4.69, 9.17) is 14.4 Å². The van der Waals surface area contributed by atoms with Gasteiger partial charge in [-0.1, -0.05) is 19.1 Å². The highest BCUT2D eigenvalue weighted by molar-refractivity contribution is 7.44. The second kappa shape index (κ2) is 16.2. The number of unbranched alkanes of at least 4 members (excludes halogenated alkanes) is 2. The molecule has 0 radical (unpaired) electrons. The van der Waals surface area contributed by atoms with E-state index < -0.39 is 13.9 Å². The van der Waals surface area contributed by atoms with Crippen molar-refractivity contribution in [2.75, 3.05) is 66.7 Å². The van der Waals surface area contributed by atoms with E-state index in [0.717, 1.165) is 19.3 Å². The first-order valence-corrected chi connectivity index (χ1v) is 11.4. The normalized spacial score (nSPS) is 13.3. The van der Waals surface area contributed by atoms with E-state index in [0.29, 0.717) is 50.3 Å².